The van der Waals surface area contributed by atoms with Gasteiger partial charge in [-0.25, -0.2) is 9.78 Å². The first kappa shape index (κ1) is 10.5. The molecule has 0 spiro atoms. The van der Waals surface area contributed by atoms with Gasteiger partial charge in [-0.05, 0) is 19.1 Å². The molecule has 0 aliphatic heterocycles. The molecule has 3 rings (SSSR count). The van der Waals surface area contributed by atoms with Crippen molar-refractivity contribution < 1.29 is 14.4 Å². The number of fused-ring (bicyclic) bond motifs is 1. The van der Waals surface area contributed by atoms with Crippen LogP contribution in [-0.4, -0.2) is 26.2 Å². The fraction of sp³-hybridized carbons (Fsp3) is 0.0833. The Morgan fingerprint density at radius 1 is 1.44 bits per heavy atom. The Morgan fingerprint density at radius 3 is 2.94 bits per heavy atom. The predicted octanol–water partition coefficient (Wildman–Crippen LogP) is 2.22. The highest BCUT2D eigenvalue weighted by Gasteiger charge is 2.15. The van der Waals surface area contributed by atoms with Crippen LogP contribution in [0.4, 0.5) is 0 Å². The average Bonchev–Trinajstić information content (AvgIpc) is 2.93. The number of aryl methyl sites for hydroxylation is 1. The number of hydrogen-bond acceptors (Lipinski definition) is 4. The van der Waals surface area contributed by atoms with Gasteiger partial charge in [0.25, 0.3) is 0 Å². The Kier molecular flexibility index (Phi) is 2.16. The lowest BCUT2D eigenvalue weighted by molar-refractivity contribution is 0.0699. The Bertz CT molecular complexity index is 742. The summed E-state index contributed by atoms with van der Waals surface area (Å²) < 4.78 is 5.09. The normalized spacial score (nSPS) is 10.9. The summed E-state index contributed by atoms with van der Waals surface area (Å²) in [6, 6.07) is 6.68. The molecule has 0 saturated heterocycles. The van der Waals surface area contributed by atoms with E-state index in [2.05, 4.69) is 15.1 Å². The number of aromatic amines is 1. The molecule has 0 aliphatic rings. The summed E-state index contributed by atoms with van der Waals surface area (Å²) >= 11 is 0. The van der Waals surface area contributed by atoms with Gasteiger partial charge in [0.1, 0.15) is 5.52 Å². The summed E-state index contributed by atoms with van der Waals surface area (Å²) in [4.78, 5) is 18.3. The number of carboxylic acids is 1. The molecule has 90 valence electrons. The summed E-state index contributed by atoms with van der Waals surface area (Å²) in [5.41, 5.74) is 1.96. The molecule has 0 atom stereocenters. The third kappa shape index (κ3) is 1.55. The number of nitrogens with one attached hydrogen (secondary N) is 1. The maximum atomic E-state index is 11.1. The first-order valence-electron chi connectivity index (χ1n) is 5.31. The number of imidazole rings is 1. The molecule has 18 heavy (non-hydrogen) atoms. The second-order valence-corrected chi connectivity index (χ2v) is 3.92. The fourth-order valence-corrected chi connectivity index (χ4v) is 1.80. The number of aromatic nitrogens is 3. The molecule has 6 heteroatoms. The van der Waals surface area contributed by atoms with Crippen LogP contribution >= 0.6 is 0 Å². The van der Waals surface area contributed by atoms with Gasteiger partial charge in [-0.3, -0.25) is 0 Å². The molecule has 0 aliphatic carbocycles. The van der Waals surface area contributed by atoms with Crippen LogP contribution in [0.25, 0.3) is 22.6 Å². The van der Waals surface area contributed by atoms with Crippen molar-refractivity contribution in [2.45, 2.75) is 6.92 Å². The van der Waals surface area contributed by atoms with Gasteiger partial charge in [-0.1, -0.05) is 11.2 Å². The van der Waals surface area contributed by atoms with Gasteiger partial charge in [0, 0.05) is 6.07 Å². The molecule has 1 aromatic carbocycles. The van der Waals surface area contributed by atoms with Gasteiger partial charge in [0.05, 0.1) is 16.8 Å². The summed E-state index contributed by atoms with van der Waals surface area (Å²) in [5.74, 6) is -0.0493. The van der Waals surface area contributed by atoms with Crippen LogP contribution < -0.4 is 0 Å². The number of carboxylic acid groups (broad SMARTS) is 1. The molecular weight excluding hydrogens is 234 g/mol. The zero-order valence-corrected chi connectivity index (χ0v) is 9.47. The van der Waals surface area contributed by atoms with E-state index in [0.29, 0.717) is 22.6 Å². The molecule has 0 radical (unpaired) electrons. The number of H-pyrrole nitrogens is 1. The molecule has 2 aromatic heterocycles. The van der Waals surface area contributed by atoms with Crippen LogP contribution in [0.2, 0.25) is 0 Å². The Balaban J connectivity index is 2.22. The number of carbonyl (C=O) groups is 1. The fourth-order valence-electron chi connectivity index (χ4n) is 1.80. The van der Waals surface area contributed by atoms with Crippen molar-refractivity contribution in [3.8, 4) is 11.6 Å². The monoisotopic (exact) mass is 243 g/mol. The topological polar surface area (TPSA) is 92.0 Å². The standard InChI is InChI=1S/C12H9N3O3/c1-6-5-9(18-15-6)11-13-8-4-2-3-7(12(16)17)10(8)14-11/h2-5H,1H3,(H,13,14)(H,16,17). The van der Waals surface area contributed by atoms with Crippen LogP contribution in [0.5, 0.6) is 0 Å². The number of aromatic carboxylic acids is 1. The van der Waals surface area contributed by atoms with Crippen molar-refractivity contribution in [2.75, 3.05) is 0 Å². The van der Waals surface area contributed by atoms with Crippen LogP contribution in [-0.2, 0) is 0 Å². The highest BCUT2D eigenvalue weighted by Crippen LogP contribution is 2.23. The quantitative estimate of drug-likeness (QED) is 0.720. The zero-order valence-electron chi connectivity index (χ0n) is 9.47. The summed E-state index contributed by atoms with van der Waals surface area (Å²) in [5, 5.41) is 12.8. The molecule has 0 unspecified atom stereocenters. The Labute approximate surface area is 101 Å². The average molecular weight is 243 g/mol. The van der Waals surface area contributed by atoms with Gasteiger partial charge in [0.15, 0.2) is 5.82 Å². The first-order valence-corrected chi connectivity index (χ1v) is 5.31. The van der Waals surface area contributed by atoms with Crippen molar-refractivity contribution in [1.29, 1.82) is 0 Å². The zero-order chi connectivity index (χ0) is 12.7. The Hall–Kier alpha value is -2.63. The van der Waals surface area contributed by atoms with Gasteiger partial charge >= 0.3 is 5.97 Å². The van der Waals surface area contributed by atoms with E-state index in [1.54, 1.807) is 25.1 Å². The predicted molar refractivity (Wildman–Crippen MR) is 63.3 cm³/mol. The van der Waals surface area contributed by atoms with Crippen LogP contribution in [0, 0.1) is 6.92 Å². The van der Waals surface area contributed by atoms with E-state index >= 15 is 0 Å². The third-order valence-electron chi connectivity index (χ3n) is 2.60. The second kappa shape index (κ2) is 3.69. The molecular formula is C12H9N3O3. The Morgan fingerprint density at radius 2 is 2.28 bits per heavy atom. The smallest absolute Gasteiger partial charge is 0.337 e. The maximum absolute atomic E-state index is 11.1. The molecule has 3 aromatic rings. The molecule has 0 saturated carbocycles. The lowest BCUT2D eigenvalue weighted by Gasteiger charge is -1.93. The minimum Gasteiger partial charge on any atom is -0.478 e. The van der Waals surface area contributed by atoms with Crippen molar-refractivity contribution in [3.05, 3.63) is 35.5 Å². The molecule has 6 nitrogen and oxygen atoms in total. The van der Waals surface area contributed by atoms with Gasteiger partial charge < -0.3 is 14.6 Å². The van der Waals surface area contributed by atoms with Crippen molar-refractivity contribution >= 4 is 17.0 Å². The molecule has 2 N–H and O–H groups in total. The van der Waals surface area contributed by atoms with E-state index in [1.165, 1.54) is 6.07 Å². The van der Waals surface area contributed by atoms with E-state index in [-0.39, 0.29) is 5.56 Å². The SMILES string of the molecule is Cc1cc(-c2nc3c(C(=O)O)cccc3[nH]2)on1. The number of nitrogens with zero attached hydrogens (tertiary/aromatic N) is 2. The second-order valence-electron chi connectivity index (χ2n) is 3.92. The number of para-hydroxylation sites is 1. The molecule has 0 amide bonds. The van der Waals surface area contributed by atoms with Crippen LogP contribution in [0.15, 0.2) is 28.8 Å². The van der Waals surface area contributed by atoms with Crippen molar-refractivity contribution in [1.82, 2.24) is 15.1 Å². The van der Waals surface area contributed by atoms with E-state index < -0.39 is 5.97 Å². The number of hydrogen-bond donors (Lipinski definition) is 2. The summed E-state index contributed by atoms with van der Waals surface area (Å²) in [6.45, 7) is 1.80. The van der Waals surface area contributed by atoms with Gasteiger partial charge in [0.2, 0.25) is 5.76 Å². The lowest BCUT2D eigenvalue weighted by atomic mass is 10.2. The van der Waals surface area contributed by atoms with Crippen LogP contribution in [0.1, 0.15) is 16.1 Å². The molecule has 0 fully saturated rings. The number of benzene rings is 1. The largest absolute Gasteiger partial charge is 0.478 e. The van der Waals surface area contributed by atoms with Crippen molar-refractivity contribution in [3.63, 3.8) is 0 Å². The third-order valence-corrected chi connectivity index (χ3v) is 2.60. The van der Waals surface area contributed by atoms with Crippen LogP contribution in [0.3, 0.4) is 0 Å². The summed E-state index contributed by atoms with van der Waals surface area (Å²) in [7, 11) is 0. The lowest BCUT2D eigenvalue weighted by Crippen LogP contribution is -1.96. The maximum Gasteiger partial charge on any atom is 0.337 e. The number of rotatable bonds is 2. The van der Waals surface area contributed by atoms with Gasteiger partial charge in [-0.2, -0.15) is 0 Å². The molecule has 0 bridgehead atoms. The van der Waals surface area contributed by atoms with E-state index in [0.717, 1.165) is 5.69 Å². The van der Waals surface area contributed by atoms with E-state index in [4.69, 9.17) is 9.63 Å². The minimum atomic E-state index is -1.01. The van der Waals surface area contributed by atoms with Crippen molar-refractivity contribution in [2.24, 2.45) is 0 Å². The highest BCUT2D eigenvalue weighted by atomic mass is 16.5. The highest BCUT2D eigenvalue weighted by molar-refractivity contribution is 6.01. The minimum absolute atomic E-state index is 0.159. The van der Waals surface area contributed by atoms with E-state index in [1.807, 2.05) is 0 Å². The summed E-state index contributed by atoms with van der Waals surface area (Å²) in [6.07, 6.45) is 0. The van der Waals surface area contributed by atoms with E-state index in [9.17, 15) is 4.79 Å². The first-order chi connectivity index (χ1) is 8.65. The van der Waals surface area contributed by atoms with Gasteiger partial charge in [-0.15, -0.1) is 0 Å². The molecule has 2 heterocycles.